The highest BCUT2D eigenvalue weighted by Gasteiger charge is 2.29. The van der Waals surface area contributed by atoms with E-state index in [1.165, 1.54) is 22.3 Å². The molecular weight excluding hydrogens is 384 g/mol. The van der Waals surface area contributed by atoms with E-state index in [1.54, 1.807) is 6.92 Å². The number of benzene rings is 3. The number of carbonyl (C=O) groups excluding carboxylic acids is 1. The second-order valence-electron chi connectivity index (χ2n) is 8.03. The Morgan fingerprint density at radius 1 is 1.06 bits per heavy atom. The first-order valence-electron chi connectivity index (χ1n) is 11.1. The lowest BCUT2D eigenvalue weighted by molar-refractivity contribution is -0.127. The van der Waals surface area contributed by atoms with Gasteiger partial charge >= 0.3 is 0 Å². The van der Waals surface area contributed by atoms with Crippen LogP contribution in [0.3, 0.4) is 0 Å². The van der Waals surface area contributed by atoms with Gasteiger partial charge in [-0.3, -0.25) is 9.69 Å². The van der Waals surface area contributed by atoms with Gasteiger partial charge in [0.05, 0.1) is 6.04 Å². The van der Waals surface area contributed by atoms with Gasteiger partial charge in [-0.25, -0.2) is 0 Å². The number of ether oxygens (including phenoxy) is 1. The van der Waals surface area contributed by atoms with Crippen LogP contribution in [0.15, 0.2) is 78.9 Å². The van der Waals surface area contributed by atoms with Gasteiger partial charge in [-0.15, -0.1) is 0 Å². The van der Waals surface area contributed by atoms with Gasteiger partial charge in [0.2, 0.25) is 0 Å². The summed E-state index contributed by atoms with van der Waals surface area (Å²) >= 11 is 0. The first-order valence-corrected chi connectivity index (χ1v) is 11.1. The number of likely N-dealkylation sites (N-methyl/N-ethyl adjacent to an activating group) is 1. The van der Waals surface area contributed by atoms with Crippen LogP contribution in [0.1, 0.15) is 42.1 Å². The molecule has 0 fully saturated rings. The lowest BCUT2D eigenvalue weighted by Crippen LogP contribution is -2.37. The highest BCUT2D eigenvalue weighted by Crippen LogP contribution is 2.38. The summed E-state index contributed by atoms with van der Waals surface area (Å²) < 4.78 is 6.00. The molecule has 1 aliphatic heterocycles. The Hall–Kier alpha value is -3.11. The Morgan fingerprint density at radius 2 is 1.77 bits per heavy atom. The zero-order chi connectivity index (χ0) is 21.6. The standard InChI is InChI=1S/C27H30N2O2/c1-3-28-27(30)20(2)31-24-15-14-22-16-17-29(19-21-10-6-4-7-11-21)26(25(22)18-24)23-12-8-5-9-13-23/h4-15,18,20,26H,3,16-17,19H2,1-2H3,(H,28,30)/t20-,26-/m0/s1. The zero-order valence-corrected chi connectivity index (χ0v) is 18.3. The lowest BCUT2D eigenvalue weighted by atomic mass is 9.87. The van der Waals surface area contributed by atoms with Crippen LogP contribution in [-0.2, 0) is 17.8 Å². The van der Waals surface area contributed by atoms with E-state index >= 15 is 0 Å². The molecule has 31 heavy (non-hydrogen) atoms. The zero-order valence-electron chi connectivity index (χ0n) is 18.3. The summed E-state index contributed by atoms with van der Waals surface area (Å²) in [5.41, 5.74) is 5.18. The molecule has 0 unspecified atom stereocenters. The SMILES string of the molecule is CCNC(=O)[C@H](C)Oc1ccc2c(c1)[C@H](c1ccccc1)N(Cc1ccccc1)CC2. The average molecular weight is 415 g/mol. The normalized spacial score (nSPS) is 16.9. The molecule has 0 saturated carbocycles. The van der Waals surface area contributed by atoms with Gasteiger partial charge in [-0.05, 0) is 54.7 Å². The first-order chi connectivity index (χ1) is 15.2. The van der Waals surface area contributed by atoms with E-state index in [1.807, 2.05) is 13.0 Å². The largest absolute Gasteiger partial charge is 0.481 e. The van der Waals surface area contributed by atoms with E-state index in [-0.39, 0.29) is 11.9 Å². The smallest absolute Gasteiger partial charge is 0.260 e. The third-order valence-corrected chi connectivity index (χ3v) is 5.82. The third kappa shape index (κ3) is 4.97. The predicted molar refractivity (Wildman–Crippen MR) is 124 cm³/mol. The Morgan fingerprint density at radius 3 is 2.48 bits per heavy atom. The molecule has 4 nitrogen and oxygen atoms in total. The first kappa shape index (κ1) is 21.1. The minimum absolute atomic E-state index is 0.0921. The van der Waals surface area contributed by atoms with Crippen molar-refractivity contribution in [2.45, 2.75) is 39.0 Å². The summed E-state index contributed by atoms with van der Waals surface area (Å²) in [6.07, 6.45) is 0.467. The summed E-state index contributed by atoms with van der Waals surface area (Å²) in [5, 5.41) is 2.82. The Kier molecular flexibility index (Phi) is 6.68. The molecule has 2 atom stereocenters. The van der Waals surface area contributed by atoms with Crippen molar-refractivity contribution in [2.75, 3.05) is 13.1 Å². The van der Waals surface area contributed by atoms with Crippen LogP contribution in [0.4, 0.5) is 0 Å². The number of carbonyl (C=O) groups is 1. The minimum Gasteiger partial charge on any atom is -0.481 e. The monoisotopic (exact) mass is 414 g/mol. The topological polar surface area (TPSA) is 41.6 Å². The highest BCUT2D eigenvalue weighted by molar-refractivity contribution is 5.80. The van der Waals surface area contributed by atoms with Crippen LogP contribution >= 0.6 is 0 Å². The Labute approximate surface area is 184 Å². The molecule has 1 aliphatic rings. The van der Waals surface area contributed by atoms with Crippen molar-refractivity contribution in [3.8, 4) is 5.75 Å². The molecule has 0 aromatic heterocycles. The second kappa shape index (κ2) is 9.80. The van der Waals surface area contributed by atoms with Gasteiger partial charge in [0.1, 0.15) is 5.75 Å². The van der Waals surface area contributed by atoms with Crippen LogP contribution in [-0.4, -0.2) is 30.0 Å². The van der Waals surface area contributed by atoms with Gasteiger partial charge in [0, 0.05) is 19.6 Å². The Balaban J connectivity index is 1.66. The van der Waals surface area contributed by atoms with E-state index in [4.69, 9.17) is 4.74 Å². The van der Waals surface area contributed by atoms with Crippen molar-refractivity contribution in [2.24, 2.45) is 0 Å². The second-order valence-corrected chi connectivity index (χ2v) is 8.03. The van der Waals surface area contributed by atoms with Gasteiger partial charge < -0.3 is 10.1 Å². The summed E-state index contributed by atoms with van der Waals surface area (Å²) in [6.45, 7) is 6.19. The fourth-order valence-corrected chi connectivity index (χ4v) is 4.31. The molecule has 0 radical (unpaired) electrons. The van der Waals surface area contributed by atoms with Crippen molar-refractivity contribution < 1.29 is 9.53 Å². The van der Waals surface area contributed by atoms with Crippen LogP contribution in [0.5, 0.6) is 5.75 Å². The van der Waals surface area contributed by atoms with Crippen molar-refractivity contribution in [3.05, 3.63) is 101 Å². The molecule has 4 rings (SSSR count). The van der Waals surface area contributed by atoms with Crippen LogP contribution < -0.4 is 10.1 Å². The molecule has 1 N–H and O–H groups in total. The highest BCUT2D eigenvalue weighted by atomic mass is 16.5. The fraction of sp³-hybridized carbons (Fsp3) is 0.296. The minimum atomic E-state index is -0.530. The molecule has 4 heteroatoms. The molecule has 0 aliphatic carbocycles. The molecule has 0 saturated heterocycles. The van der Waals surface area contributed by atoms with E-state index in [9.17, 15) is 4.79 Å². The van der Waals surface area contributed by atoms with E-state index in [0.717, 1.165) is 25.3 Å². The maximum absolute atomic E-state index is 12.1. The number of nitrogens with one attached hydrogen (secondary N) is 1. The fourth-order valence-electron chi connectivity index (χ4n) is 4.31. The maximum atomic E-state index is 12.1. The summed E-state index contributed by atoms with van der Waals surface area (Å²) in [4.78, 5) is 14.7. The number of hydrogen-bond donors (Lipinski definition) is 1. The molecule has 3 aromatic carbocycles. The van der Waals surface area contributed by atoms with Gasteiger partial charge in [0.15, 0.2) is 6.10 Å². The van der Waals surface area contributed by atoms with Gasteiger partial charge in [-0.1, -0.05) is 66.7 Å². The molecule has 1 amide bonds. The molecule has 0 spiro atoms. The number of hydrogen-bond acceptors (Lipinski definition) is 3. The molecule has 160 valence electrons. The van der Waals surface area contributed by atoms with Crippen LogP contribution in [0.2, 0.25) is 0 Å². The summed E-state index contributed by atoms with van der Waals surface area (Å²) in [6, 6.07) is 27.7. The number of fused-ring (bicyclic) bond motifs is 1. The van der Waals surface area contributed by atoms with Crippen LogP contribution in [0.25, 0.3) is 0 Å². The summed E-state index contributed by atoms with van der Waals surface area (Å²) in [5.74, 6) is 0.644. The summed E-state index contributed by atoms with van der Waals surface area (Å²) in [7, 11) is 0. The van der Waals surface area contributed by atoms with E-state index < -0.39 is 6.10 Å². The molecule has 3 aromatic rings. The quantitative estimate of drug-likeness (QED) is 0.607. The van der Waals surface area contributed by atoms with E-state index in [2.05, 4.69) is 83.0 Å². The molecular formula is C27H30N2O2. The average Bonchev–Trinajstić information content (AvgIpc) is 2.80. The van der Waals surface area contributed by atoms with Crippen molar-refractivity contribution in [3.63, 3.8) is 0 Å². The van der Waals surface area contributed by atoms with E-state index in [0.29, 0.717) is 6.54 Å². The third-order valence-electron chi connectivity index (χ3n) is 5.82. The number of nitrogens with zero attached hydrogens (tertiary/aromatic N) is 1. The predicted octanol–water partition coefficient (Wildman–Crippen LogP) is 4.74. The Bertz CT molecular complexity index is 1000. The van der Waals surface area contributed by atoms with Gasteiger partial charge in [0.25, 0.3) is 5.91 Å². The lowest BCUT2D eigenvalue weighted by Gasteiger charge is -2.38. The van der Waals surface area contributed by atoms with Crippen molar-refractivity contribution in [1.82, 2.24) is 10.2 Å². The number of amides is 1. The van der Waals surface area contributed by atoms with Crippen LogP contribution in [0, 0.1) is 0 Å². The van der Waals surface area contributed by atoms with Crippen molar-refractivity contribution >= 4 is 5.91 Å². The molecule has 0 bridgehead atoms. The van der Waals surface area contributed by atoms with Crippen molar-refractivity contribution in [1.29, 1.82) is 0 Å². The van der Waals surface area contributed by atoms with Gasteiger partial charge in [-0.2, -0.15) is 0 Å². The maximum Gasteiger partial charge on any atom is 0.260 e. The number of rotatable bonds is 7. The molecule has 1 heterocycles.